The molecule has 31 heavy (non-hydrogen) atoms. The average Bonchev–Trinajstić information content (AvgIpc) is 2.63. The van der Waals surface area contributed by atoms with E-state index in [1.807, 2.05) is 0 Å². The Morgan fingerprint density at radius 2 is 1.61 bits per heavy atom. The normalized spacial score (nSPS) is 13.1. The van der Waals surface area contributed by atoms with Gasteiger partial charge in [-0.3, -0.25) is 4.72 Å². The molecular weight excluding hydrogens is 478 g/mol. The number of anilines is 1. The van der Waals surface area contributed by atoms with Crippen molar-refractivity contribution in [1.29, 1.82) is 0 Å². The molecule has 0 aliphatic heterocycles. The first-order chi connectivity index (χ1) is 14.2. The van der Waals surface area contributed by atoms with E-state index in [-0.39, 0.29) is 28.5 Å². The summed E-state index contributed by atoms with van der Waals surface area (Å²) in [6.45, 7) is 1.56. The first kappa shape index (κ1) is 24.6. The van der Waals surface area contributed by atoms with Crippen molar-refractivity contribution < 1.29 is 44.3 Å². The largest absolute Gasteiger partial charge is 0.573 e. The van der Waals surface area contributed by atoms with Gasteiger partial charge in [0.2, 0.25) is 0 Å². The van der Waals surface area contributed by atoms with E-state index < -0.39 is 33.3 Å². The van der Waals surface area contributed by atoms with E-state index in [0.29, 0.717) is 0 Å². The molecule has 0 heterocycles. The number of rotatable bonds is 7. The van der Waals surface area contributed by atoms with Crippen molar-refractivity contribution in [2.24, 2.45) is 5.16 Å². The number of oxime groups is 1. The van der Waals surface area contributed by atoms with Crippen molar-refractivity contribution in [3.63, 3.8) is 0 Å². The zero-order valence-corrected chi connectivity index (χ0v) is 17.0. The Bertz CT molecular complexity index is 1050. The molecule has 2 aromatic carbocycles. The van der Waals surface area contributed by atoms with Crippen LogP contribution in [0.15, 0.2) is 47.6 Å². The van der Waals surface area contributed by atoms with Gasteiger partial charge in [0.25, 0.3) is 0 Å². The number of sulfonamides is 1. The summed E-state index contributed by atoms with van der Waals surface area (Å²) in [5.74, 6) is -0.516. The number of hydrogen-bond donors (Lipinski definition) is 1. The Hall–Kier alpha value is -2.67. The van der Waals surface area contributed by atoms with Crippen LogP contribution in [0.3, 0.4) is 0 Å². The van der Waals surface area contributed by atoms with Crippen molar-refractivity contribution >= 4 is 33.0 Å². The summed E-state index contributed by atoms with van der Waals surface area (Å²) in [5, 5.41) is 3.84. The molecule has 1 N–H and O–H groups in total. The minimum absolute atomic E-state index is 0.0120. The van der Waals surface area contributed by atoms with Crippen LogP contribution in [-0.4, -0.2) is 26.0 Å². The Labute approximate surface area is 177 Å². The average molecular weight is 491 g/mol. The van der Waals surface area contributed by atoms with Gasteiger partial charge in [-0.05, 0) is 48.9 Å². The number of nitrogens with zero attached hydrogens (tertiary/aromatic N) is 1. The predicted molar refractivity (Wildman–Crippen MR) is 101 cm³/mol. The van der Waals surface area contributed by atoms with Crippen LogP contribution in [0, 0.1) is 0 Å². The lowest BCUT2D eigenvalue weighted by molar-refractivity contribution is -0.274. The molecule has 0 fully saturated rings. The highest BCUT2D eigenvalue weighted by atomic mass is 35.5. The molecule has 0 saturated carbocycles. The molecule has 0 radical (unpaired) electrons. The topological polar surface area (TPSA) is 77.0 Å². The van der Waals surface area contributed by atoms with Crippen LogP contribution >= 0.6 is 11.6 Å². The number of hydrogen-bond acceptors (Lipinski definition) is 5. The van der Waals surface area contributed by atoms with Crippen molar-refractivity contribution in [3.05, 3.63) is 53.1 Å². The van der Waals surface area contributed by atoms with Crippen LogP contribution in [0.2, 0.25) is 5.02 Å². The van der Waals surface area contributed by atoms with Gasteiger partial charge >= 0.3 is 21.9 Å². The molecule has 0 saturated heterocycles. The molecule has 0 bridgehead atoms. The number of alkyl halides is 6. The summed E-state index contributed by atoms with van der Waals surface area (Å²) in [6, 6.07) is 7.54. The van der Waals surface area contributed by atoms with E-state index in [1.54, 1.807) is 6.92 Å². The second-order valence-electron chi connectivity index (χ2n) is 5.74. The monoisotopic (exact) mass is 490 g/mol. The first-order valence-electron chi connectivity index (χ1n) is 8.20. The fourth-order valence-corrected chi connectivity index (χ4v) is 2.92. The zero-order valence-electron chi connectivity index (χ0n) is 15.4. The van der Waals surface area contributed by atoms with E-state index in [2.05, 4.69) is 9.89 Å². The Kier molecular flexibility index (Phi) is 7.32. The lowest BCUT2D eigenvalue weighted by Gasteiger charge is -2.15. The molecule has 0 spiro atoms. The minimum Gasteiger partial charge on any atom is -0.406 e. The third kappa shape index (κ3) is 6.92. The van der Waals surface area contributed by atoms with Crippen LogP contribution in [0.25, 0.3) is 0 Å². The second-order valence-corrected chi connectivity index (χ2v) is 7.85. The summed E-state index contributed by atoms with van der Waals surface area (Å²) in [6.07, 6.45) is -4.79. The van der Waals surface area contributed by atoms with Gasteiger partial charge in [-0.25, -0.2) is 0 Å². The van der Waals surface area contributed by atoms with Gasteiger partial charge in [-0.15, -0.1) is 13.2 Å². The zero-order chi connectivity index (χ0) is 23.4. The van der Waals surface area contributed by atoms with Crippen LogP contribution in [0.1, 0.15) is 18.9 Å². The molecule has 0 aliphatic rings. The van der Waals surface area contributed by atoms with Crippen molar-refractivity contribution in [3.8, 4) is 11.5 Å². The molecule has 170 valence electrons. The summed E-state index contributed by atoms with van der Waals surface area (Å²) in [4.78, 5) is 5.10. The lowest BCUT2D eigenvalue weighted by atomic mass is 10.1. The fraction of sp³-hybridized carbons (Fsp3) is 0.235. The van der Waals surface area contributed by atoms with E-state index in [9.17, 15) is 34.8 Å². The summed E-state index contributed by atoms with van der Waals surface area (Å²) in [7, 11) is -5.71. The molecule has 0 aromatic heterocycles. The summed E-state index contributed by atoms with van der Waals surface area (Å²) < 4.78 is 103. The molecular formula is C17H13ClF6N2O4S. The number of halogens is 7. The van der Waals surface area contributed by atoms with E-state index in [0.717, 1.165) is 30.3 Å². The molecule has 0 amide bonds. The van der Waals surface area contributed by atoms with Crippen LogP contribution in [0.5, 0.6) is 11.5 Å². The highest BCUT2D eigenvalue weighted by molar-refractivity contribution is 7.93. The van der Waals surface area contributed by atoms with Crippen molar-refractivity contribution in [2.75, 3.05) is 4.72 Å². The summed E-state index contributed by atoms with van der Waals surface area (Å²) >= 11 is 5.87. The SMILES string of the molecule is CC/C(=N\Oc1ccc(OC(F)(F)F)cc1)c1cc(Cl)ccc1NS(=O)(=O)C(F)(F)F. The van der Waals surface area contributed by atoms with Crippen LogP contribution < -0.4 is 14.3 Å². The van der Waals surface area contributed by atoms with Gasteiger partial charge in [-0.1, -0.05) is 23.7 Å². The van der Waals surface area contributed by atoms with Crippen LogP contribution in [0.4, 0.5) is 32.0 Å². The molecule has 2 rings (SSSR count). The lowest BCUT2D eigenvalue weighted by Crippen LogP contribution is -2.30. The van der Waals surface area contributed by atoms with Crippen LogP contribution in [-0.2, 0) is 10.0 Å². The molecule has 14 heteroatoms. The third-order valence-corrected chi connectivity index (χ3v) is 4.83. The molecule has 2 aromatic rings. The summed E-state index contributed by atoms with van der Waals surface area (Å²) in [5.41, 5.74) is -6.07. The van der Waals surface area contributed by atoms with Gasteiger partial charge in [0.05, 0.1) is 11.4 Å². The minimum atomic E-state index is -5.71. The quantitative estimate of drug-likeness (QED) is 0.307. The van der Waals surface area contributed by atoms with Crippen molar-refractivity contribution in [1.82, 2.24) is 0 Å². The molecule has 0 atom stereocenters. The Morgan fingerprint density at radius 1 is 1.03 bits per heavy atom. The first-order valence-corrected chi connectivity index (χ1v) is 10.1. The molecule has 0 aliphatic carbocycles. The van der Waals surface area contributed by atoms with E-state index in [1.165, 1.54) is 16.9 Å². The maximum absolute atomic E-state index is 12.7. The fourth-order valence-electron chi connectivity index (χ4n) is 2.16. The van der Waals surface area contributed by atoms with E-state index >= 15 is 0 Å². The maximum atomic E-state index is 12.7. The molecule has 6 nitrogen and oxygen atoms in total. The number of ether oxygens (including phenoxy) is 1. The highest BCUT2D eigenvalue weighted by Crippen LogP contribution is 2.30. The van der Waals surface area contributed by atoms with E-state index in [4.69, 9.17) is 16.4 Å². The standard InChI is InChI=1S/C17H13ClF6N2O4S/c1-2-14(25-30-12-6-4-11(5-7-12)29-16(19,20)21)13-9-10(18)3-8-15(13)26-31(27,28)17(22,23)24/h3-9,26H,2H2,1H3/b25-14+. The highest BCUT2D eigenvalue weighted by Gasteiger charge is 2.46. The second kappa shape index (κ2) is 9.22. The Balaban J connectivity index is 2.31. The maximum Gasteiger partial charge on any atom is 0.573 e. The van der Waals surface area contributed by atoms with Gasteiger partial charge in [0.15, 0.2) is 5.75 Å². The van der Waals surface area contributed by atoms with Gasteiger partial charge in [0.1, 0.15) is 5.75 Å². The van der Waals surface area contributed by atoms with Crippen molar-refractivity contribution in [2.45, 2.75) is 25.2 Å². The third-order valence-electron chi connectivity index (χ3n) is 3.49. The number of benzene rings is 2. The number of nitrogens with one attached hydrogen (secondary N) is 1. The van der Waals surface area contributed by atoms with Gasteiger partial charge < -0.3 is 9.57 Å². The van der Waals surface area contributed by atoms with Gasteiger partial charge in [-0.2, -0.15) is 21.6 Å². The van der Waals surface area contributed by atoms with Gasteiger partial charge in [0, 0.05) is 10.6 Å². The predicted octanol–water partition coefficient (Wildman–Crippen LogP) is 5.69. The Morgan fingerprint density at radius 3 is 2.13 bits per heavy atom. The smallest absolute Gasteiger partial charge is 0.406 e. The molecule has 0 unspecified atom stereocenters.